The SMILES string of the molecule is CC1CCCC(NCC(=O)NC(=O)NC2CCCCC2)C1C. The third kappa shape index (κ3) is 5.27. The lowest BCUT2D eigenvalue weighted by atomic mass is 9.78. The molecule has 3 N–H and O–H groups in total. The highest BCUT2D eigenvalue weighted by Crippen LogP contribution is 2.29. The second-order valence-electron chi connectivity index (χ2n) is 7.11. The van der Waals surface area contributed by atoms with Gasteiger partial charge in [0.2, 0.25) is 5.91 Å². The van der Waals surface area contributed by atoms with Crippen LogP contribution in [0.25, 0.3) is 0 Å². The van der Waals surface area contributed by atoms with Crippen LogP contribution in [0, 0.1) is 11.8 Å². The minimum Gasteiger partial charge on any atom is -0.335 e. The molecule has 126 valence electrons. The summed E-state index contributed by atoms with van der Waals surface area (Å²) in [5.41, 5.74) is 0. The van der Waals surface area contributed by atoms with Crippen molar-refractivity contribution >= 4 is 11.9 Å². The van der Waals surface area contributed by atoms with E-state index < -0.39 is 0 Å². The lowest BCUT2D eigenvalue weighted by molar-refractivity contribution is -0.119. The van der Waals surface area contributed by atoms with Gasteiger partial charge >= 0.3 is 6.03 Å². The van der Waals surface area contributed by atoms with E-state index in [1.165, 1.54) is 19.3 Å². The molecular formula is C17H31N3O2. The van der Waals surface area contributed by atoms with E-state index in [4.69, 9.17) is 0 Å². The van der Waals surface area contributed by atoms with Crippen LogP contribution in [-0.4, -0.2) is 30.6 Å². The highest BCUT2D eigenvalue weighted by Gasteiger charge is 2.27. The molecule has 0 spiro atoms. The van der Waals surface area contributed by atoms with Crippen LogP contribution in [0.15, 0.2) is 0 Å². The average Bonchev–Trinajstić information content (AvgIpc) is 2.49. The molecule has 0 aliphatic heterocycles. The van der Waals surface area contributed by atoms with Gasteiger partial charge in [0.1, 0.15) is 0 Å². The fraction of sp³-hybridized carbons (Fsp3) is 0.882. The summed E-state index contributed by atoms with van der Waals surface area (Å²) in [7, 11) is 0. The molecule has 0 radical (unpaired) electrons. The molecule has 0 aromatic carbocycles. The molecule has 0 saturated heterocycles. The van der Waals surface area contributed by atoms with E-state index in [2.05, 4.69) is 29.8 Å². The molecule has 0 aromatic heterocycles. The monoisotopic (exact) mass is 309 g/mol. The zero-order valence-corrected chi connectivity index (χ0v) is 14.0. The molecule has 2 aliphatic rings. The first-order valence-corrected chi connectivity index (χ1v) is 8.90. The van der Waals surface area contributed by atoms with Crippen LogP contribution >= 0.6 is 0 Å². The molecule has 2 saturated carbocycles. The Morgan fingerprint density at radius 2 is 1.68 bits per heavy atom. The summed E-state index contributed by atoms with van der Waals surface area (Å²) < 4.78 is 0. The first-order valence-electron chi connectivity index (χ1n) is 8.90. The summed E-state index contributed by atoms with van der Waals surface area (Å²) >= 11 is 0. The molecule has 2 aliphatic carbocycles. The van der Waals surface area contributed by atoms with E-state index in [0.29, 0.717) is 17.9 Å². The Morgan fingerprint density at radius 1 is 0.955 bits per heavy atom. The van der Waals surface area contributed by atoms with Crippen LogP contribution in [-0.2, 0) is 4.79 Å². The summed E-state index contributed by atoms with van der Waals surface area (Å²) in [6.45, 7) is 4.74. The van der Waals surface area contributed by atoms with Gasteiger partial charge in [-0.3, -0.25) is 10.1 Å². The van der Waals surface area contributed by atoms with Crippen LogP contribution < -0.4 is 16.0 Å². The molecule has 5 nitrogen and oxygen atoms in total. The predicted molar refractivity (Wildman–Crippen MR) is 87.5 cm³/mol. The van der Waals surface area contributed by atoms with Gasteiger partial charge in [-0.1, -0.05) is 46.0 Å². The fourth-order valence-corrected chi connectivity index (χ4v) is 3.73. The summed E-state index contributed by atoms with van der Waals surface area (Å²) in [4.78, 5) is 23.7. The quantitative estimate of drug-likeness (QED) is 0.747. The van der Waals surface area contributed by atoms with Crippen molar-refractivity contribution in [2.24, 2.45) is 11.8 Å². The summed E-state index contributed by atoms with van der Waals surface area (Å²) in [6, 6.07) is 0.272. The molecular weight excluding hydrogens is 278 g/mol. The van der Waals surface area contributed by atoms with Crippen LogP contribution in [0.1, 0.15) is 65.2 Å². The average molecular weight is 309 g/mol. The number of urea groups is 1. The Morgan fingerprint density at radius 3 is 2.41 bits per heavy atom. The fourth-order valence-electron chi connectivity index (χ4n) is 3.73. The Labute approximate surface area is 134 Å². The van der Waals surface area contributed by atoms with Gasteiger partial charge in [-0.2, -0.15) is 0 Å². The van der Waals surface area contributed by atoms with Crippen LogP contribution in [0.2, 0.25) is 0 Å². The minimum absolute atomic E-state index is 0.222. The Balaban J connectivity index is 1.65. The normalized spacial score (nSPS) is 29.8. The number of nitrogens with one attached hydrogen (secondary N) is 3. The second-order valence-corrected chi connectivity index (χ2v) is 7.11. The lowest BCUT2D eigenvalue weighted by Gasteiger charge is -2.34. The van der Waals surface area contributed by atoms with Crippen molar-refractivity contribution in [1.29, 1.82) is 0 Å². The summed E-state index contributed by atoms with van der Waals surface area (Å²) in [6.07, 6.45) is 9.24. The smallest absolute Gasteiger partial charge is 0.321 e. The van der Waals surface area contributed by atoms with Gasteiger partial charge in [0, 0.05) is 12.1 Å². The molecule has 5 heteroatoms. The number of amides is 3. The van der Waals surface area contributed by atoms with Gasteiger partial charge in [-0.05, 0) is 31.1 Å². The van der Waals surface area contributed by atoms with E-state index >= 15 is 0 Å². The molecule has 0 bridgehead atoms. The number of carbonyl (C=O) groups excluding carboxylic acids is 2. The Hall–Kier alpha value is -1.10. The number of carbonyl (C=O) groups is 2. The first-order chi connectivity index (χ1) is 10.6. The number of rotatable bonds is 4. The first kappa shape index (κ1) is 17.3. The number of hydrogen-bond acceptors (Lipinski definition) is 3. The van der Waals surface area contributed by atoms with E-state index in [9.17, 15) is 9.59 Å². The molecule has 2 fully saturated rings. The maximum Gasteiger partial charge on any atom is 0.321 e. The summed E-state index contributed by atoms with van der Waals surface area (Å²) in [5.74, 6) is 1.04. The van der Waals surface area contributed by atoms with E-state index in [-0.39, 0.29) is 24.5 Å². The highest BCUT2D eigenvalue weighted by atomic mass is 16.2. The van der Waals surface area contributed by atoms with Crippen molar-refractivity contribution in [2.75, 3.05) is 6.54 Å². The van der Waals surface area contributed by atoms with Crippen LogP contribution in [0.3, 0.4) is 0 Å². The minimum atomic E-state index is -0.344. The maximum atomic E-state index is 11.9. The second kappa shape index (κ2) is 8.51. The van der Waals surface area contributed by atoms with Crippen LogP contribution in [0.5, 0.6) is 0 Å². The molecule has 3 atom stereocenters. The number of hydrogen-bond donors (Lipinski definition) is 3. The largest absolute Gasteiger partial charge is 0.335 e. The van der Waals surface area contributed by atoms with Crippen molar-refractivity contribution in [3.8, 4) is 0 Å². The molecule has 0 heterocycles. The van der Waals surface area contributed by atoms with Gasteiger partial charge in [0.25, 0.3) is 0 Å². The summed E-state index contributed by atoms with van der Waals surface area (Å²) in [5, 5.41) is 8.66. The van der Waals surface area contributed by atoms with Crippen molar-refractivity contribution < 1.29 is 9.59 Å². The van der Waals surface area contributed by atoms with Crippen molar-refractivity contribution in [3.63, 3.8) is 0 Å². The van der Waals surface area contributed by atoms with Crippen molar-refractivity contribution in [3.05, 3.63) is 0 Å². The number of imide groups is 1. The van der Waals surface area contributed by atoms with E-state index in [1.807, 2.05) is 0 Å². The van der Waals surface area contributed by atoms with Crippen molar-refractivity contribution in [2.45, 2.75) is 77.3 Å². The molecule has 2 rings (SSSR count). The Kier molecular flexibility index (Phi) is 6.68. The molecule has 3 amide bonds. The van der Waals surface area contributed by atoms with E-state index in [0.717, 1.165) is 32.1 Å². The molecule has 3 unspecified atom stereocenters. The lowest BCUT2D eigenvalue weighted by Crippen LogP contribution is -2.50. The standard InChI is InChI=1S/C17H31N3O2/c1-12-7-6-10-15(13(12)2)18-11-16(21)20-17(22)19-14-8-4-3-5-9-14/h12-15,18H,3-11H2,1-2H3,(H2,19,20,21,22). The maximum absolute atomic E-state index is 11.9. The van der Waals surface area contributed by atoms with Crippen molar-refractivity contribution in [1.82, 2.24) is 16.0 Å². The Bertz CT molecular complexity index is 380. The van der Waals surface area contributed by atoms with Gasteiger partial charge in [0.05, 0.1) is 6.54 Å². The zero-order chi connectivity index (χ0) is 15.9. The van der Waals surface area contributed by atoms with Gasteiger partial charge in [0.15, 0.2) is 0 Å². The third-order valence-electron chi connectivity index (χ3n) is 5.42. The van der Waals surface area contributed by atoms with E-state index in [1.54, 1.807) is 0 Å². The van der Waals surface area contributed by atoms with Gasteiger partial charge < -0.3 is 10.6 Å². The van der Waals surface area contributed by atoms with Crippen LogP contribution in [0.4, 0.5) is 4.79 Å². The zero-order valence-electron chi connectivity index (χ0n) is 14.0. The highest BCUT2D eigenvalue weighted by molar-refractivity contribution is 5.95. The molecule has 22 heavy (non-hydrogen) atoms. The van der Waals surface area contributed by atoms with Gasteiger partial charge in [-0.15, -0.1) is 0 Å². The van der Waals surface area contributed by atoms with Gasteiger partial charge in [-0.25, -0.2) is 4.79 Å². The predicted octanol–water partition coefficient (Wildman–Crippen LogP) is 2.56. The molecule has 0 aromatic rings. The topological polar surface area (TPSA) is 70.2 Å². The third-order valence-corrected chi connectivity index (χ3v) is 5.42.